The van der Waals surface area contributed by atoms with Crippen molar-refractivity contribution in [2.75, 3.05) is 12.5 Å². The van der Waals surface area contributed by atoms with Gasteiger partial charge in [0, 0.05) is 16.0 Å². The molecule has 34 heavy (non-hydrogen) atoms. The van der Waals surface area contributed by atoms with E-state index in [2.05, 4.69) is 106 Å². The van der Waals surface area contributed by atoms with Gasteiger partial charge >= 0.3 is 0 Å². The number of thioether (sulfide) groups is 1. The zero-order valence-corrected chi connectivity index (χ0v) is 25.3. The zero-order chi connectivity index (χ0) is 25.9. The second-order valence-electron chi connectivity index (χ2n) is 12.9. The maximum atomic E-state index is 11.2. The molecule has 0 aliphatic heterocycles. The number of hydrogen-bond donors (Lipinski definition) is 1. The van der Waals surface area contributed by atoms with Crippen molar-refractivity contribution in [3.63, 3.8) is 0 Å². The number of hydrogen-bond acceptors (Lipinski definition) is 3. The third-order valence-electron chi connectivity index (χ3n) is 6.51. The Morgan fingerprint density at radius 1 is 0.824 bits per heavy atom. The number of ether oxygens (including phenoxy) is 1. The molecule has 0 aliphatic carbocycles. The Kier molecular flexibility index (Phi) is 9.43. The monoisotopic (exact) mass is 500 g/mol. The van der Waals surface area contributed by atoms with Gasteiger partial charge in [0.25, 0.3) is 0 Å². The number of methoxy groups -OCH3 is 1. The predicted octanol–water partition coefficient (Wildman–Crippen LogP) is 8.30. The Bertz CT molecular complexity index is 889. The van der Waals surface area contributed by atoms with Crippen LogP contribution in [0.15, 0.2) is 41.3 Å². The number of rotatable bonds is 9. The van der Waals surface area contributed by atoms with Gasteiger partial charge in [-0.25, -0.2) is 0 Å². The Hall–Kier alpha value is -1.39. The fourth-order valence-corrected chi connectivity index (χ4v) is 13.5. The lowest BCUT2D eigenvalue weighted by Gasteiger charge is -2.36. The standard InChI is InChI=1S/C30H48O2SSi/c1-21(2)18-34(19-22(3)4,25-14-12-23(32-11)13-15-25)20-33-24-16-26(29(5,6)7)28(31)27(17-24)30(8,9)10/h12-17,21-22,31H,18-20H2,1-11H3. The van der Waals surface area contributed by atoms with Crippen molar-refractivity contribution >= 4 is 25.0 Å². The summed E-state index contributed by atoms with van der Waals surface area (Å²) in [6.45, 7) is 22.6. The van der Waals surface area contributed by atoms with Crippen LogP contribution in [0.4, 0.5) is 0 Å². The molecule has 0 amide bonds. The summed E-state index contributed by atoms with van der Waals surface area (Å²) in [7, 11) is -0.0732. The van der Waals surface area contributed by atoms with Gasteiger partial charge in [0.1, 0.15) is 11.5 Å². The minimum Gasteiger partial charge on any atom is -0.507 e. The second-order valence-corrected chi connectivity index (χ2v) is 18.7. The van der Waals surface area contributed by atoms with E-state index >= 15 is 0 Å². The molecular formula is C30H48O2SSi. The van der Waals surface area contributed by atoms with Crippen molar-refractivity contribution in [1.29, 1.82) is 0 Å². The summed E-state index contributed by atoms with van der Waals surface area (Å²) >= 11 is 2.00. The van der Waals surface area contributed by atoms with Gasteiger partial charge in [0.05, 0.1) is 15.2 Å². The van der Waals surface area contributed by atoms with E-state index in [4.69, 9.17) is 4.74 Å². The van der Waals surface area contributed by atoms with Gasteiger partial charge in [-0.15, -0.1) is 11.8 Å². The van der Waals surface area contributed by atoms with Crippen LogP contribution in [-0.2, 0) is 10.8 Å². The van der Waals surface area contributed by atoms with Crippen molar-refractivity contribution in [2.24, 2.45) is 11.8 Å². The van der Waals surface area contributed by atoms with Crippen molar-refractivity contribution in [3.05, 3.63) is 47.5 Å². The molecule has 0 spiro atoms. The first-order valence-electron chi connectivity index (χ1n) is 12.7. The molecule has 4 heteroatoms. The molecule has 2 rings (SSSR count). The Balaban J connectivity index is 2.57. The molecule has 2 aromatic rings. The van der Waals surface area contributed by atoms with Gasteiger partial charge < -0.3 is 9.84 Å². The van der Waals surface area contributed by atoms with E-state index < -0.39 is 8.07 Å². The van der Waals surface area contributed by atoms with Crippen molar-refractivity contribution in [2.45, 2.75) is 97.1 Å². The van der Waals surface area contributed by atoms with Gasteiger partial charge in [-0.05, 0) is 52.3 Å². The number of aromatic hydroxyl groups is 1. The van der Waals surface area contributed by atoms with Gasteiger partial charge in [-0.1, -0.05) is 98.6 Å². The summed E-state index contributed by atoms with van der Waals surface area (Å²) in [6.07, 6.45) is 0. The van der Waals surface area contributed by atoms with E-state index in [-0.39, 0.29) is 10.8 Å². The second kappa shape index (κ2) is 11.1. The maximum Gasteiger partial charge on any atom is 0.123 e. The molecule has 0 atom stereocenters. The summed E-state index contributed by atoms with van der Waals surface area (Å²) in [5.41, 5.74) is 1.88. The summed E-state index contributed by atoms with van der Waals surface area (Å²) in [5.74, 6) is 2.70. The van der Waals surface area contributed by atoms with Crippen LogP contribution in [-0.4, -0.2) is 25.7 Å². The molecule has 0 saturated carbocycles. The molecule has 0 bridgehead atoms. The number of phenols is 1. The van der Waals surface area contributed by atoms with E-state index in [9.17, 15) is 5.11 Å². The lowest BCUT2D eigenvalue weighted by Crippen LogP contribution is -2.52. The predicted molar refractivity (Wildman–Crippen MR) is 154 cm³/mol. The first kappa shape index (κ1) is 28.8. The summed E-state index contributed by atoms with van der Waals surface area (Å²) < 4.78 is 5.46. The molecular weight excluding hydrogens is 452 g/mol. The molecule has 0 radical (unpaired) electrons. The lowest BCUT2D eigenvalue weighted by atomic mass is 9.79. The fourth-order valence-electron chi connectivity index (χ4n) is 5.08. The molecule has 0 heterocycles. The molecule has 0 aliphatic rings. The summed E-state index contributed by atoms with van der Waals surface area (Å²) in [6, 6.07) is 16.0. The molecule has 0 fully saturated rings. The average Bonchev–Trinajstić information content (AvgIpc) is 2.70. The minimum absolute atomic E-state index is 0.110. The molecule has 2 aromatic carbocycles. The van der Waals surface area contributed by atoms with Gasteiger partial charge in [-0.2, -0.15) is 0 Å². The van der Waals surface area contributed by atoms with E-state index in [0.29, 0.717) is 17.6 Å². The highest BCUT2D eigenvalue weighted by molar-refractivity contribution is 8.01. The van der Waals surface area contributed by atoms with Crippen LogP contribution in [0.1, 0.15) is 80.4 Å². The maximum absolute atomic E-state index is 11.2. The first-order valence-corrected chi connectivity index (χ1v) is 16.3. The van der Waals surface area contributed by atoms with E-state index in [1.165, 1.54) is 22.2 Å². The molecule has 0 saturated heterocycles. The zero-order valence-electron chi connectivity index (χ0n) is 23.5. The average molecular weight is 501 g/mol. The van der Waals surface area contributed by atoms with Crippen molar-refractivity contribution in [3.8, 4) is 11.5 Å². The number of phenolic OH excluding ortho intramolecular Hbond substituents is 1. The van der Waals surface area contributed by atoms with Crippen LogP contribution in [0.25, 0.3) is 0 Å². The van der Waals surface area contributed by atoms with Crippen LogP contribution in [0, 0.1) is 11.8 Å². The van der Waals surface area contributed by atoms with Crippen LogP contribution >= 0.6 is 11.8 Å². The third-order valence-corrected chi connectivity index (χ3v) is 14.6. The van der Waals surface area contributed by atoms with Crippen molar-refractivity contribution < 1.29 is 9.84 Å². The van der Waals surface area contributed by atoms with Gasteiger partial charge in [0.15, 0.2) is 0 Å². The number of benzene rings is 2. The van der Waals surface area contributed by atoms with E-state index in [1.54, 1.807) is 7.11 Å². The first-order chi connectivity index (χ1) is 15.6. The van der Waals surface area contributed by atoms with E-state index in [0.717, 1.165) is 22.3 Å². The SMILES string of the molecule is COc1ccc([Si](CSc2cc(C(C)(C)C)c(O)c(C(C)(C)C)c2)(CC(C)C)CC(C)C)cc1. The fraction of sp³-hybridized carbons (Fsp3) is 0.600. The molecule has 190 valence electrons. The van der Waals surface area contributed by atoms with Crippen LogP contribution in [0.2, 0.25) is 12.1 Å². The van der Waals surface area contributed by atoms with Gasteiger partial charge in [-0.3, -0.25) is 0 Å². The normalized spacial score (nSPS) is 13.1. The molecule has 1 N–H and O–H groups in total. The van der Waals surface area contributed by atoms with Crippen LogP contribution in [0.5, 0.6) is 11.5 Å². The quantitative estimate of drug-likeness (QED) is 0.277. The largest absolute Gasteiger partial charge is 0.507 e. The molecule has 0 aromatic heterocycles. The smallest absolute Gasteiger partial charge is 0.123 e. The summed E-state index contributed by atoms with van der Waals surface area (Å²) in [5, 5.41) is 13.8. The lowest BCUT2D eigenvalue weighted by molar-refractivity contribution is 0.415. The topological polar surface area (TPSA) is 29.5 Å². The third kappa shape index (κ3) is 7.30. The minimum atomic E-state index is -1.81. The Morgan fingerprint density at radius 2 is 1.26 bits per heavy atom. The highest BCUT2D eigenvalue weighted by Crippen LogP contribution is 2.42. The highest BCUT2D eigenvalue weighted by Gasteiger charge is 2.37. The van der Waals surface area contributed by atoms with Crippen LogP contribution in [0.3, 0.4) is 0 Å². The molecule has 2 nitrogen and oxygen atoms in total. The van der Waals surface area contributed by atoms with E-state index in [1.807, 2.05) is 11.8 Å². The Morgan fingerprint density at radius 3 is 1.62 bits per heavy atom. The van der Waals surface area contributed by atoms with Crippen LogP contribution < -0.4 is 9.92 Å². The highest BCUT2D eigenvalue weighted by atomic mass is 32.2. The summed E-state index contributed by atoms with van der Waals surface area (Å²) in [4.78, 5) is 1.28. The molecule has 0 unspecified atom stereocenters. The van der Waals surface area contributed by atoms with Gasteiger partial charge in [0.2, 0.25) is 0 Å². The van der Waals surface area contributed by atoms with Crippen molar-refractivity contribution in [1.82, 2.24) is 0 Å². The Labute approximate surface area is 214 Å².